The van der Waals surface area contributed by atoms with Crippen molar-refractivity contribution in [3.63, 3.8) is 0 Å². The van der Waals surface area contributed by atoms with Crippen LogP contribution in [-0.4, -0.2) is 43.6 Å². The number of ether oxygens (including phenoxy) is 1. The van der Waals surface area contributed by atoms with Crippen molar-refractivity contribution in [2.45, 2.75) is 18.9 Å². The van der Waals surface area contributed by atoms with Gasteiger partial charge in [0.25, 0.3) is 0 Å². The minimum Gasteiger partial charge on any atom is -0.378 e. The summed E-state index contributed by atoms with van der Waals surface area (Å²) in [5, 5.41) is 0. The highest BCUT2D eigenvalue weighted by Gasteiger charge is 2.18. The minimum absolute atomic E-state index is 0.600. The molecule has 1 saturated heterocycles. The molecule has 0 radical (unpaired) electrons. The molecule has 11 heavy (non-hydrogen) atoms. The van der Waals surface area contributed by atoms with Crippen molar-refractivity contribution in [3.05, 3.63) is 0 Å². The fraction of sp³-hybridized carbons (Fsp3) is 1.00. The van der Waals surface area contributed by atoms with Gasteiger partial charge in [0.05, 0.1) is 13.2 Å². The van der Waals surface area contributed by atoms with Gasteiger partial charge in [-0.3, -0.25) is 4.90 Å². The summed E-state index contributed by atoms with van der Waals surface area (Å²) in [7, 11) is 2.15. The van der Waals surface area contributed by atoms with Crippen molar-refractivity contribution in [1.29, 1.82) is 0 Å². The fourth-order valence-electron chi connectivity index (χ4n) is 1.35. The molecule has 0 aromatic rings. The molecule has 1 rings (SSSR count). The molecule has 3 heteroatoms. The van der Waals surface area contributed by atoms with E-state index in [9.17, 15) is 0 Å². The number of alkyl halides is 1. The van der Waals surface area contributed by atoms with Gasteiger partial charge in [0.2, 0.25) is 0 Å². The number of halogens is 1. The van der Waals surface area contributed by atoms with Crippen molar-refractivity contribution >= 4 is 11.6 Å². The molecule has 0 saturated carbocycles. The summed E-state index contributed by atoms with van der Waals surface area (Å²) in [6, 6.07) is 0.600. The van der Waals surface area contributed by atoms with Crippen LogP contribution in [0, 0.1) is 0 Å². The van der Waals surface area contributed by atoms with Crippen molar-refractivity contribution in [2.24, 2.45) is 0 Å². The summed E-state index contributed by atoms with van der Waals surface area (Å²) in [6.07, 6.45) is 2.26. The van der Waals surface area contributed by atoms with Gasteiger partial charge < -0.3 is 4.74 Å². The van der Waals surface area contributed by atoms with E-state index in [0.29, 0.717) is 6.04 Å². The second kappa shape index (κ2) is 4.96. The summed E-state index contributed by atoms with van der Waals surface area (Å²) in [5.74, 6) is 0.768. The first-order valence-electron chi connectivity index (χ1n) is 4.18. The van der Waals surface area contributed by atoms with Crippen molar-refractivity contribution < 1.29 is 4.74 Å². The molecule has 0 aromatic carbocycles. The maximum atomic E-state index is 5.61. The molecule has 1 aliphatic heterocycles. The predicted octanol–water partition coefficient (Wildman–Crippen LogP) is 1.34. The van der Waals surface area contributed by atoms with E-state index in [0.717, 1.165) is 32.1 Å². The summed E-state index contributed by atoms with van der Waals surface area (Å²) in [6.45, 7) is 2.83. The van der Waals surface area contributed by atoms with Gasteiger partial charge in [-0.1, -0.05) is 0 Å². The maximum Gasteiger partial charge on any atom is 0.0622 e. The van der Waals surface area contributed by atoms with E-state index in [-0.39, 0.29) is 0 Å². The highest BCUT2D eigenvalue weighted by atomic mass is 35.5. The summed E-state index contributed by atoms with van der Waals surface area (Å²) >= 11 is 5.61. The van der Waals surface area contributed by atoms with Crippen LogP contribution in [-0.2, 0) is 4.74 Å². The third-order valence-corrected chi connectivity index (χ3v) is 2.46. The normalized spacial score (nSPS) is 27.3. The van der Waals surface area contributed by atoms with Crippen LogP contribution in [0.1, 0.15) is 12.8 Å². The first-order valence-corrected chi connectivity index (χ1v) is 4.72. The van der Waals surface area contributed by atoms with E-state index < -0.39 is 0 Å². The average molecular weight is 178 g/mol. The van der Waals surface area contributed by atoms with Crippen LogP contribution >= 0.6 is 11.6 Å². The van der Waals surface area contributed by atoms with Gasteiger partial charge in [-0.2, -0.15) is 0 Å². The monoisotopic (exact) mass is 177 g/mol. The van der Waals surface area contributed by atoms with E-state index in [4.69, 9.17) is 16.3 Å². The average Bonchev–Trinajstić information content (AvgIpc) is 2.03. The SMILES string of the molecule is CN1CCOCC1CCCCl. The number of morpholine rings is 1. The van der Waals surface area contributed by atoms with Crippen molar-refractivity contribution in [3.8, 4) is 0 Å². The van der Waals surface area contributed by atoms with Crippen LogP contribution in [0.25, 0.3) is 0 Å². The molecule has 1 heterocycles. The molecule has 1 atom stereocenters. The molecular weight excluding hydrogens is 162 g/mol. The molecule has 1 unspecified atom stereocenters. The lowest BCUT2D eigenvalue weighted by atomic mass is 10.1. The van der Waals surface area contributed by atoms with Gasteiger partial charge in [0.1, 0.15) is 0 Å². The number of likely N-dealkylation sites (N-methyl/N-ethyl adjacent to an activating group) is 1. The van der Waals surface area contributed by atoms with Crippen LogP contribution in [0.5, 0.6) is 0 Å². The van der Waals surface area contributed by atoms with Gasteiger partial charge in [-0.15, -0.1) is 11.6 Å². The molecule has 0 aromatic heterocycles. The molecule has 2 nitrogen and oxygen atoms in total. The van der Waals surface area contributed by atoms with Crippen molar-refractivity contribution in [2.75, 3.05) is 32.7 Å². The van der Waals surface area contributed by atoms with Crippen LogP contribution in [0.3, 0.4) is 0 Å². The maximum absolute atomic E-state index is 5.61. The Bertz CT molecular complexity index is 110. The van der Waals surface area contributed by atoms with Crippen LogP contribution in [0.15, 0.2) is 0 Å². The largest absolute Gasteiger partial charge is 0.378 e. The Morgan fingerprint density at radius 3 is 3.09 bits per heavy atom. The Morgan fingerprint density at radius 1 is 1.64 bits per heavy atom. The fourth-order valence-corrected chi connectivity index (χ4v) is 1.51. The standard InChI is InChI=1S/C8H16ClNO/c1-10-5-6-11-7-8(10)3-2-4-9/h8H,2-7H2,1H3. The zero-order valence-corrected chi connectivity index (χ0v) is 7.81. The Morgan fingerprint density at radius 2 is 2.45 bits per heavy atom. The Kier molecular flexibility index (Phi) is 4.20. The van der Waals surface area contributed by atoms with E-state index >= 15 is 0 Å². The molecule has 0 aliphatic carbocycles. The lowest BCUT2D eigenvalue weighted by molar-refractivity contribution is 0.00284. The van der Waals surface area contributed by atoms with E-state index in [1.165, 1.54) is 6.42 Å². The smallest absolute Gasteiger partial charge is 0.0622 e. The van der Waals surface area contributed by atoms with Crippen LogP contribution < -0.4 is 0 Å². The molecule has 0 spiro atoms. The van der Waals surface area contributed by atoms with Gasteiger partial charge in [-0.05, 0) is 19.9 Å². The third-order valence-electron chi connectivity index (χ3n) is 2.19. The molecular formula is C8H16ClNO. The van der Waals surface area contributed by atoms with Crippen LogP contribution in [0.4, 0.5) is 0 Å². The first-order chi connectivity index (χ1) is 5.34. The first kappa shape index (κ1) is 9.30. The van der Waals surface area contributed by atoms with E-state index in [2.05, 4.69) is 11.9 Å². The molecule has 1 fully saturated rings. The summed E-state index contributed by atoms with van der Waals surface area (Å²) < 4.78 is 5.36. The van der Waals surface area contributed by atoms with Crippen LogP contribution in [0.2, 0.25) is 0 Å². The molecule has 66 valence electrons. The quantitative estimate of drug-likeness (QED) is 0.604. The van der Waals surface area contributed by atoms with E-state index in [1.54, 1.807) is 0 Å². The zero-order chi connectivity index (χ0) is 8.10. The highest BCUT2D eigenvalue weighted by molar-refractivity contribution is 6.17. The van der Waals surface area contributed by atoms with Gasteiger partial charge in [0, 0.05) is 18.5 Å². The summed E-state index contributed by atoms with van der Waals surface area (Å²) in [4.78, 5) is 2.36. The third kappa shape index (κ3) is 2.97. The number of hydrogen-bond acceptors (Lipinski definition) is 2. The van der Waals surface area contributed by atoms with Gasteiger partial charge in [-0.25, -0.2) is 0 Å². The summed E-state index contributed by atoms with van der Waals surface area (Å²) in [5.41, 5.74) is 0. The second-order valence-electron chi connectivity index (χ2n) is 3.04. The molecule has 0 N–H and O–H groups in total. The number of hydrogen-bond donors (Lipinski definition) is 0. The Hall–Kier alpha value is 0.210. The Balaban J connectivity index is 2.18. The number of rotatable bonds is 3. The Labute approximate surface area is 73.5 Å². The molecule has 1 aliphatic rings. The van der Waals surface area contributed by atoms with Crippen molar-refractivity contribution in [1.82, 2.24) is 4.90 Å². The lowest BCUT2D eigenvalue weighted by Crippen LogP contribution is -2.42. The van der Waals surface area contributed by atoms with E-state index in [1.807, 2.05) is 0 Å². The zero-order valence-electron chi connectivity index (χ0n) is 7.05. The topological polar surface area (TPSA) is 12.5 Å². The lowest BCUT2D eigenvalue weighted by Gasteiger charge is -2.32. The predicted molar refractivity (Wildman–Crippen MR) is 47.2 cm³/mol. The van der Waals surface area contributed by atoms with Gasteiger partial charge >= 0.3 is 0 Å². The van der Waals surface area contributed by atoms with Gasteiger partial charge in [0.15, 0.2) is 0 Å². The molecule has 0 amide bonds. The molecule has 0 bridgehead atoms. The minimum atomic E-state index is 0.600. The highest BCUT2D eigenvalue weighted by Crippen LogP contribution is 2.10. The second-order valence-corrected chi connectivity index (χ2v) is 3.42. The number of nitrogens with zero attached hydrogens (tertiary/aromatic N) is 1.